The Hall–Kier alpha value is -0.610. The van der Waals surface area contributed by atoms with Gasteiger partial charge in [-0.25, -0.2) is 4.39 Å². The smallest absolute Gasteiger partial charge is 0.143 e. The van der Waals surface area contributed by atoms with Crippen LogP contribution in [-0.2, 0) is 0 Å². The van der Waals surface area contributed by atoms with Crippen LogP contribution in [0.25, 0.3) is 0 Å². The fourth-order valence-electron chi connectivity index (χ4n) is 2.01. The van der Waals surface area contributed by atoms with Gasteiger partial charge in [0.2, 0.25) is 0 Å². The van der Waals surface area contributed by atoms with Gasteiger partial charge in [-0.15, -0.1) is 0 Å². The Morgan fingerprint density at radius 2 is 2.35 bits per heavy atom. The average molecular weight is 275 g/mol. The highest BCUT2D eigenvalue weighted by Gasteiger charge is 2.21. The Morgan fingerprint density at radius 3 is 3.06 bits per heavy atom. The van der Waals surface area contributed by atoms with Crippen LogP contribution in [0, 0.1) is 5.82 Å². The number of nitrogens with two attached hydrogens (primary N) is 1. The van der Waals surface area contributed by atoms with Crippen LogP contribution in [0.4, 0.5) is 15.8 Å². The third-order valence-electron chi connectivity index (χ3n) is 3.00. The van der Waals surface area contributed by atoms with Gasteiger partial charge < -0.3 is 10.6 Å². The van der Waals surface area contributed by atoms with E-state index in [4.69, 9.17) is 17.3 Å². The third kappa shape index (κ3) is 2.80. The van der Waals surface area contributed by atoms with E-state index in [-0.39, 0.29) is 5.02 Å². The van der Waals surface area contributed by atoms with Crippen molar-refractivity contribution in [3.05, 3.63) is 23.0 Å². The van der Waals surface area contributed by atoms with Crippen molar-refractivity contribution in [3.8, 4) is 0 Å². The molecule has 1 unspecified atom stereocenters. The van der Waals surface area contributed by atoms with Crippen LogP contribution in [0.5, 0.6) is 0 Å². The van der Waals surface area contributed by atoms with E-state index in [9.17, 15) is 4.39 Å². The maximum absolute atomic E-state index is 13.2. The number of thioether (sulfide) groups is 1. The summed E-state index contributed by atoms with van der Waals surface area (Å²) in [5.41, 5.74) is 7.18. The summed E-state index contributed by atoms with van der Waals surface area (Å²) in [5.74, 6) is 0.624. The van der Waals surface area contributed by atoms with Crippen molar-refractivity contribution in [1.29, 1.82) is 0 Å². The molecule has 1 aromatic rings. The molecule has 1 aliphatic rings. The molecule has 0 spiro atoms. The molecule has 5 heteroatoms. The zero-order chi connectivity index (χ0) is 12.4. The Labute approximate surface area is 110 Å². The standard InChI is InChI=1S/C12H16ClFN2S/c1-2-8-7-16(3-4-17-8)12-5-9(13)10(14)6-11(12)15/h5-6,8H,2-4,7,15H2,1H3. The van der Waals surface area contributed by atoms with E-state index in [0.29, 0.717) is 10.9 Å². The van der Waals surface area contributed by atoms with Gasteiger partial charge in [-0.2, -0.15) is 11.8 Å². The van der Waals surface area contributed by atoms with Gasteiger partial charge in [0.15, 0.2) is 0 Å². The minimum atomic E-state index is -0.452. The Kier molecular flexibility index (Phi) is 4.05. The van der Waals surface area contributed by atoms with Crippen molar-refractivity contribution < 1.29 is 4.39 Å². The van der Waals surface area contributed by atoms with Crippen LogP contribution in [0.2, 0.25) is 5.02 Å². The molecule has 0 saturated carbocycles. The van der Waals surface area contributed by atoms with Gasteiger partial charge in [0.05, 0.1) is 16.4 Å². The fourth-order valence-corrected chi connectivity index (χ4v) is 3.35. The van der Waals surface area contributed by atoms with Crippen LogP contribution in [0.15, 0.2) is 12.1 Å². The molecule has 17 heavy (non-hydrogen) atoms. The number of benzene rings is 1. The minimum absolute atomic E-state index is 0.139. The summed E-state index contributed by atoms with van der Waals surface area (Å²) in [4.78, 5) is 2.20. The van der Waals surface area contributed by atoms with Crippen molar-refractivity contribution in [2.24, 2.45) is 0 Å². The van der Waals surface area contributed by atoms with Crippen molar-refractivity contribution in [3.63, 3.8) is 0 Å². The lowest BCUT2D eigenvalue weighted by atomic mass is 10.2. The Morgan fingerprint density at radius 1 is 1.59 bits per heavy atom. The van der Waals surface area contributed by atoms with Gasteiger partial charge in [0.1, 0.15) is 5.82 Å². The van der Waals surface area contributed by atoms with Gasteiger partial charge in [0, 0.05) is 30.2 Å². The second-order valence-electron chi connectivity index (χ2n) is 4.17. The van der Waals surface area contributed by atoms with Crippen LogP contribution in [0.3, 0.4) is 0 Å². The monoisotopic (exact) mass is 274 g/mol. The molecule has 0 aromatic heterocycles. The molecule has 0 bridgehead atoms. The number of anilines is 2. The van der Waals surface area contributed by atoms with Gasteiger partial charge in [0.25, 0.3) is 0 Å². The molecule has 1 aliphatic heterocycles. The maximum atomic E-state index is 13.2. The molecule has 1 atom stereocenters. The summed E-state index contributed by atoms with van der Waals surface area (Å²) in [5, 5.41) is 0.757. The molecule has 1 heterocycles. The van der Waals surface area contributed by atoms with Crippen LogP contribution in [0.1, 0.15) is 13.3 Å². The van der Waals surface area contributed by atoms with Gasteiger partial charge >= 0.3 is 0 Å². The molecule has 94 valence electrons. The molecular weight excluding hydrogens is 259 g/mol. The summed E-state index contributed by atoms with van der Waals surface area (Å²) in [6.07, 6.45) is 1.13. The highest BCUT2D eigenvalue weighted by Crippen LogP contribution is 2.33. The molecule has 1 saturated heterocycles. The molecule has 0 amide bonds. The number of hydrogen-bond donors (Lipinski definition) is 1. The Bertz CT molecular complexity index is 414. The molecular formula is C12H16ClFN2S. The molecule has 2 nitrogen and oxygen atoms in total. The summed E-state index contributed by atoms with van der Waals surface area (Å²) in [7, 11) is 0. The number of hydrogen-bond acceptors (Lipinski definition) is 3. The van der Waals surface area contributed by atoms with Gasteiger partial charge in [-0.1, -0.05) is 18.5 Å². The second kappa shape index (κ2) is 5.36. The predicted molar refractivity (Wildman–Crippen MR) is 74.6 cm³/mol. The summed E-state index contributed by atoms with van der Waals surface area (Å²) in [6, 6.07) is 2.94. The fraction of sp³-hybridized carbons (Fsp3) is 0.500. The van der Waals surface area contributed by atoms with E-state index in [2.05, 4.69) is 11.8 Å². The highest BCUT2D eigenvalue weighted by atomic mass is 35.5. The van der Waals surface area contributed by atoms with Crippen molar-refractivity contribution in [1.82, 2.24) is 0 Å². The highest BCUT2D eigenvalue weighted by molar-refractivity contribution is 8.00. The molecule has 1 aromatic carbocycles. The second-order valence-corrected chi connectivity index (χ2v) is 5.99. The van der Waals surface area contributed by atoms with Gasteiger partial charge in [-0.05, 0) is 12.5 Å². The Balaban J connectivity index is 2.24. The lowest BCUT2D eigenvalue weighted by Gasteiger charge is -2.34. The molecule has 0 radical (unpaired) electrons. The summed E-state index contributed by atoms with van der Waals surface area (Å²) >= 11 is 7.80. The molecule has 2 N–H and O–H groups in total. The van der Waals surface area contributed by atoms with E-state index in [0.717, 1.165) is 31.0 Å². The first-order valence-electron chi connectivity index (χ1n) is 5.73. The van der Waals surface area contributed by atoms with Crippen LogP contribution >= 0.6 is 23.4 Å². The van der Waals surface area contributed by atoms with Gasteiger partial charge in [-0.3, -0.25) is 0 Å². The quantitative estimate of drug-likeness (QED) is 0.838. The zero-order valence-electron chi connectivity index (χ0n) is 9.75. The topological polar surface area (TPSA) is 29.3 Å². The zero-order valence-corrected chi connectivity index (χ0v) is 11.3. The van der Waals surface area contributed by atoms with E-state index in [1.54, 1.807) is 6.07 Å². The molecule has 1 fully saturated rings. The summed E-state index contributed by atoms with van der Waals surface area (Å²) in [6.45, 7) is 4.07. The van der Waals surface area contributed by atoms with Crippen molar-refractivity contribution in [2.75, 3.05) is 29.5 Å². The van der Waals surface area contributed by atoms with E-state index < -0.39 is 5.82 Å². The van der Waals surface area contributed by atoms with Crippen molar-refractivity contribution >= 4 is 34.7 Å². The van der Waals surface area contributed by atoms with E-state index >= 15 is 0 Å². The molecule has 2 rings (SSSR count). The van der Waals surface area contributed by atoms with E-state index in [1.807, 2.05) is 11.8 Å². The number of rotatable bonds is 2. The first kappa shape index (κ1) is 12.8. The predicted octanol–water partition coefficient (Wildman–Crippen LogP) is 3.39. The lowest BCUT2D eigenvalue weighted by Crippen LogP contribution is -2.38. The van der Waals surface area contributed by atoms with Crippen LogP contribution in [-0.4, -0.2) is 24.1 Å². The largest absolute Gasteiger partial charge is 0.397 e. The first-order valence-corrected chi connectivity index (χ1v) is 7.15. The number of halogens is 2. The van der Waals surface area contributed by atoms with E-state index in [1.165, 1.54) is 6.07 Å². The SMILES string of the molecule is CCC1CN(c2cc(Cl)c(F)cc2N)CCS1. The number of nitrogens with zero attached hydrogens (tertiary/aromatic N) is 1. The number of nitrogen functional groups attached to an aromatic ring is 1. The third-order valence-corrected chi connectivity index (χ3v) is 4.67. The normalized spacial score (nSPS) is 20.6. The van der Waals surface area contributed by atoms with Crippen molar-refractivity contribution in [2.45, 2.75) is 18.6 Å². The average Bonchev–Trinajstić information content (AvgIpc) is 2.34. The first-order chi connectivity index (χ1) is 8.11. The maximum Gasteiger partial charge on any atom is 0.143 e. The summed E-state index contributed by atoms with van der Waals surface area (Å²) < 4.78 is 13.2. The molecule has 0 aliphatic carbocycles. The lowest BCUT2D eigenvalue weighted by molar-refractivity contribution is 0.628. The minimum Gasteiger partial charge on any atom is -0.397 e. The van der Waals surface area contributed by atoms with Crippen LogP contribution < -0.4 is 10.6 Å².